The number of nitrogens with zero attached hydrogens (tertiary/aromatic N) is 4. The van der Waals surface area contributed by atoms with Crippen LogP contribution in [0.25, 0.3) is 10.9 Å². The molecule has 0 amide bonds. The molecule has 0 saturated heterocycles. The summed E-state index contributed by atoms with van der Waals surface area (Å²) >= 11 is 0. The number of nitro groups is 1. The van der Waals surface area contributed by atoms with Crippen molar-refractivity contribution in [1.29, 1.82) is 0 Å². The van der Waals surface area contributed by atoms with Gasteiger partial charge in [0.05, 0.1) is 30.4 Å². The second-order valence-corrected chi connectivity index (χ2v) is 4.81. The average Bonchev–Trinajstić information content (AvgIpc) is 2.65. The van der Waals surface area contributed by atoms with Gasteiger partial charge in [0.25, 0.3) is 11.2 Å². The number of methoxy groups -OCH3 is 1. The zero-order valence-corrected chi connectivity index (χ0v) is 14.2. The minimum absolute atomic E-state index is 0.000945. The first-order chi connectivity index (χ1) is 12.1. The number of fused-ring (bicyclic) bond motifs is 1. The topological polar surface area (TPSA) is 100 Å². The number of hydrogen-bond donors (Lipinski definition) is 0. The Kier molecular flexibility index (Phi) is 5.78. The van der Waals surface area contributed by atoms with Crippen LogP contribution in [0.1, 0.15) is 19.4 Å². The van der Waals surface area contributed by atoms with Gasteiger partial charge in [0.1, 0.15) is 5.39 Å². The molecule has 1 aromatic carbocycles. The van der Waals surface area contributed by atoms with Gasteiger partial charge in [-0.2, -0.15) is 0 Å². The van der Waals surface area contributed by atoms with E-state index >= 15 is 0 Å². The minimum atomic E-state index is -0.578. The van der Waals surface area contributed by atoms with E-state index in [9.17, 15) is 14.9 Å². The van der Waals surface area contributed by atoms with Crippen LogP contribution < -0.4 is 10.3 Å². The Morgan fingerprint density at radius 2 is 2.00 bits per heavy atom. The predicted molar refractivity (Wildman–Crippen MR) is 93.9 cm³/mol. The summed E-state index contributed by atoms with van der Waals surface area (Å²) < 4.78 is 6.36. The van der Waals surface area contributed by atoms with Crippen molar-refractivity contribution in [3.8, 4) is 5.88 Å². The summed E-state index contributed by atoms with van der Waals surface area (Å²) in [6, 6.07) is 7.80. The smallest absolute Gasteiger partial charge is 0.284 e. The number of benzene rings is 1. The summed E-state index contributed by atoms with van der Waals surface area (Å²) in [5.74, 6) is 0.426. The van der Waals surface area contributed by atoms with E-state index in [1.54, 1.807) is 24.4 Å². The van der Waals surface area contributed by atoms with Crippen molar-refractivity contribution in [2.45, 2.75) is 20.4 Å². The van der Waals surface area contributed by atoms with Crippen molar-refractivity contribution in [2.75, 3.05) is 7.11 Å². The maximum atomic E-state index is 12.6. The Hall–Kier alpha value is -3.29. The fraction of sp³-hybridized carbons (Fsp3) is 0.235. The van der Waals surface area contributed by atoms with Crippen LogP contribution in [0.4, 0.5) is 5.69 Å². The Morgan fingerprint density at radius 1 is 1.24 bits per heavy atom. The molecule has 0 aliphatic carbocycles. The number of aromatic nitrogens is 3. The molecule has 8 heteroatoms. The number of non-ortho nitro benzene ring substituents is 1. The molecule has 0 atom stereocenters. The van der Waals surface area contributed by atoms with Gasteiger partial charge in [-0.25, -0.2) is 9.97 Å². The number of nitro benzene ring substituents is 1. The van der Waals surface area contributed by atoms with E-state index in [0.717, 1.165) is 5.56 Å². The Morgan fingerprint density at radius 3 is 2.68 bits per heavy atom. The summed E-state index contributed by atoms with van der Waals surface area (Å²) in [7, 11) is 1.50. The van der Waals surface area contributed by atoms with Crippen molar-refractivity contribution in [2.24, 2.45) is 0 Å². The van der Waals surface area contributed by atoms with E-state index in [0.29, 0.717) is 11.4 Å². The summed E-state index contributed by atoms with van der Waals surface area (Å²) in [6.45, 7) is 4.21. The van der Waals surface area contributed by atoms with Crippen molar-refractivity contribution in [1.82, 2.24) is 14.5 Å². The van der Waals surface area contributed by atoms with Crippen LogP contribution in [0.2, 0.25) is 0 Å². The van der Waals surface area contributed by atoms with Crippen molar-refractivity contribution >= 4 is 16.6 Å². The van der Waals surface area contributed by atoms with Gasteiger partial charge in [-0.3, -0.25) is 19.5 Å². The van der Waals surface area contributed by atoms with Crippen LogP contribution in [0.15, 0.2) is 47.7 Å². The summed E-state index contributed by atoms with van der Waals surface area (Å²) in [5, 5.41) is 11.1. The Bertz CT molecular complexity index is 953. The van der Waals surface area contributed by atoms with Crippen molar-refractivity contribution in [3.05, 3.63) is 68.9 Å². The zero-order valence-electron chi connectivity index (χ0n) is 14.2. The van der Waals surface area contributed by atoms with Gasteiger partial charge in [-0.1, -0.05) is 19.9 Å². The predicted octanol–water partition coefficient (Wildman–Crippen LogP) is 2.78. The molecule has 0 radical (unpaired) electrons. The number of pyridine rings is 1. The van der Waals surface area contributed by atoms with Crippen LogP contribution in [0, 0.1) is 10.1 Å². The molecule has 0 unspecified atom stereocenters. The highest BCUT2D eigenvalue weighted by molar-refractivity contribution is 5.86. The highest BCUT2D eigenvalue weighted by Crippen LogP contribution is 2.20. The molecule has 8 nitrogen and oxygen atoms in total. The first-order valence-electron chi connectivity index (χ1n) is 7.71. The Balaban J connectivity index is 0.00000109. The molecule has 0 spiro atoms. The molecule has 3 rings (SSSR count). The Labute approximate surface area is 143 Å². The third-order valence-corrected chi connectivity index (χ3v) is 3.39. The second kappa shape index (κ2) is 8.00. The number of ether oxygens (including phenoxy) is 1. The van der Waals surface area contributed by atoms with Crippen LogP contribution in [0.3, 0.4) is 0 Å². The van der Waals surface area contributed by atoms with E-state index in [1.165, 1.54) is 30.1 Å². The molecule has 2 heterocycles. The van der Waals surface area contributed by atoms with Gasteiger partial charge in [0.15, 0.2) is 0 Å². The lowest BCUT2D eigenvalue weighted by molar-refractivity contribution is -0.383. The summed E-state index contributed by atoms with van der Waals surface area (Å²) in [4.78, 5) is 31.3. The minimum Gasteiger partial charge on any atom is -0.481 e. The molecule has 0 saturated carbocycles. The van der Waals surface area contributed by atoms with Crippen LogP contribution >= 0.6 is 0 Å². The molecule has 0 aliphatic heterocycles. The van der Waals surface area contributed by atoms with E-state index in [2.05, 4.69) is 9.97 Å². The largest absolute Gasteiger partial charge is 0.481 e. The number of rotatable bonds is 4. The average molecular weight is 342 g/mol. The van der Waals surface area contributed by atoms with E-state index in [-0.39, 0.29) is 17.6 Å². The fourth-order valence-electron chi connectivity index (χ4n) is 2.30. The second-order valence-electron chi connectivity index (χ2n) is 4.81. The van der Waals surface area contributed by atoms with Gasteiger partial charge in [-0.15, -0.1) is 0 Å². The van der Waals surface area contributed by atoms with Gasteiger partial charge >= 0.3 is 0 Å². The third-order valence-electron chi connectivity index (χ3n) is 3.39. The molecule has 3 aromatic rings. The molecule has 0 aliphatic rings. The van der Waals surface area contributed by atoms with Gasteiger partial charge in [0, 0.05) is 18.3 Å². The van der Waals surface area contributed by atoms with Crippen LogP contribution in [-0.4, -0.2) is 26.6 Å². The fourth-order valence-corrected chi connectivity index (χ4v) is 2.30. The van der Waals surface area contributed by atoms with Gasteiger partial charge in [-0.05, 0) is 17.7 Å². The van der Waals surface area contributed by atoms with Gasteiger partial charge in [0.2, 0.25) is 5.88 Å². The van der Waals surface area contributed by atoms with Crippen molar-refractivity contribution in [3.63, 3.8) is 0 Å². The van der Waals surface area contributed by atoms with Gasteiger partial charge < -0.3 is 4.74 Å². The third kappa shape index (κ3) is 3.79. The first kappa shape index (κ1) is 18.1. The monoisotopic (exact) mass is 342 g/mol. The highest BCUT2D eigenvalue weighted by atomic mass is 16.6. The first-order valence-corrected chi connectivity index (χ1v) is 7.71. The normalized spacial score (nSPS) is 10.0. The lowest BCUT2D eigenvalue weighted by atomic mass is 10.2. The molecule has 0 fully saturated rings. The molecule has 25 heavy (non-hydrogen) atoms. The molecule has 130 valence electrons. The zero-order chi connectivity index (χ0) is 18.4. The standard InChI is InChI=1S/C15H12N4O4.C2H6/c1-23-13-7-10(5-6-16-13)8-18-9-17-11-3-2-4-12(19(21)22)14(11)15(18)20;1-2/h2-7,9H,8H2,1H3;1-2H3. The van der Waals surface area contributed by atoms with E-state index in [4.69, 9.17) is 4.74 Å². The molecule has 0 N–H and O–H groups in total. The quantitative estimate of drug-likeness (QED) is 0.534. The van der Waals surface area contributed by atoms with E-state index < -0.39 is 10.5 Å². The summed E-state index contributed by atoms with van der Waals surface area (Å²) in [6.07, 6.45) is 2.94. The lowest BCUT2D eigenvalue weighted by Crippen LogP contribution is -2.22. The maximum absolute atomic E-state index is 12.6. The molecule has 2 aromatic heterocycles. The van der Waals surface area contributed by atoms with E-state index in [1.807, 2.05) is 13.8 Å². The highest BCUT2D eigenvalue weighted by Gasteiger charge is 2.17. The molecule has 0 bridgehead atoms. The van der Waals surface area contributed by atoms with Crippen LogP contribution in [-0.2, 0) is 6.54 Å². The van der Waals surface area contributed by atoms with Crippen molar-refractivity contribution < 1.29 is 9.66 Å². The summed E-state index contributed by atoms with van der Waals surface area (Å²) in [5.41, 5.74) is 0.367. The SMILES string of the molecule is CC.COc1cc(Cn2cnc3cccc([N+](=O)[O-])c3c2=O)ccn1. The maximum Gasteiger partial charge on any atom is 0.284 e. The molecular formula is C17H18N4O4. The van der Waals surface area contributed by atoms with Crippen LogP contribution in [0.5, 0.6) is 5.88 Å². The lowest BCUT2D eigenvalue weighted by Gasteiger charge is -2.08. The molecular weight excluding hydrogens is 324 g/mol. The number of hydrogen-bond acceptors (Lipinski definition) is 6.